The van der Waals surface area contributed by atoms with Crippen LogP contribution in [0.3, 0.4) is 0 Å². The first-order valence-corrected chi connectivity index (χ1v) is 5.48. The molecule has 0 saturated carbocycles. The van der Waals surface area contributed by atoms with Gasteiger partial charge in [-0.1, -0.05) is 12.2 Å². The van der Waals surface area contributed by atoms with Gasteiger partial charge in [-0.2, -0.15) is 0 Å². The van der Waals surface area contributed by atoms with Crippen LogP contribution in [0.1, 0.15) is 12.1 Å². The summed E-state index contributed by atoms with van der Waals surface area (Å²) in [6, 6.07) is 0.289. The van der Waals surface area contributed by atoms with Crippen LogP contribution in [-0.4, -0.2) is 16.9 Å². The number of fused-ring (bicyclic) bond motifs is 1. The molecule has 1 unspecified atom stereocenters. The van der Waals surface area contributed by atoms with Crippen molar-refractivity contribution < 1.29 is 0 Å². The van der Waals surface area contributed by atoms with Gasteiger partial charge in [0.15, 0.2) is 5.84 Å². The van der Waals surface area contributed by atoms with E-state index in [1.165, 1.54) is 5.70 Å². The Bertz CT molecular complexity index is 428. The van der Waals surface area contributed by atoms with Crippen LogP contribution in [0.4, 0.5) is 0 Å². The number of nitrogens with one attached hydrogen (secondary N) is 1. The van der Waals surface area contributed by atoms with Gasteiger partial charge in [-0.3, -0.25) is 4.99 Å². The fraction of sp³-hybridized carbons (Fsp3) is 0.200. The molecule has 3 nitrogen and oxygen atoms in total. The van der Waals surface area contributed by atoms with Crippen molar-refractivity contribution >= 4 is 17.2 Å². The molecule has 2 aliphatic rings. The number of nitrogens with zero attached hydrogens (tertiary/aromatic N) is 2. The normalized spacial score (nSPS) is 23.9. The van der Waals surface area contributed by atoms with E-state index < -0.39 is 0 Å². The molecule has 1 aromatic rings. The first kappa shape index (κ1) is 7.94. The molecule has 14 heavy (non-hydrogen) atoms. The largest absolute Gasteiger partial charge is 0.340 e. The molecule has 70 valence electrons. The van der Waals surface area contributed by atoms with Gasteiger partial charge in [-0.25, -0.2) is 4.98 Å². The zero-order valence-corrected chi connectivity index (χ0v) is 8.29. The van der Waals surface area contributed by atoms with Crippen LogP contribution in [0.2, 0.25) is 0 Å². The summed E-state index contributed by atoms with van der Waals surface area (Å²) in [5.74, 6) is 0.909. The van der Waals surface area contributed by atoms with Crippen LogP contribution < -0.4 is 5.32 Å². The Hall–Kier alpha value is -1.42. The van der Waals surface area contributed by atoms with E-state index in [0.29, 0.717) is 0 Å². The van der Waals surface area contributed by atoms with Crippen molar-refractivity contribution in [3.8, 4) is 0 Å². The van der Waals surface area contributed by atoms with E-state index in [1.807, 2.05) is 10.9 Å². The Balaban J connectivity index is 1.93. The number of amidine groups is 1. The summed E-state index contributed by atoms with van der Waals surface area (Å²) >= 11 is 1.59. The molecule has 1 aliphatic heterocycles. The first-order chi connectivity index (χ1) is 6.93. The summed E-state index contributed by atoms with van der Waals surface area (Å²) in [6.45, 7) is 0. The Kier molecular flexibility index (Phi) is 1.73. The zero-order valence-electron chi connectivity index (χ0n) is 7.47. The van der Waals surface area contributed by atoms with Crippen molar-refractivity contribution in [3.05, 3.63) is 40.5 Å². The molecule has 2 heterocycles. The maximum Gasteiger partial charge on any atom is 0.153 e. The van der Waals surface area contributed by atoms with Crippen molar-refractivity contribution in [1.82, 2.24) is 10.3 Å². The number of aliphatic imine (C=N–C) groups is 1. The van der Waals surface area contributed by atoms with Crippen LogP contribution in [0.25, 0.3) is 0 Å². The van der Waals surface area contributed by atoms with Crippen molar-refractivity contribution in [2.45, 2.75) is 12.5 Å². The molecule has 0 radical (unpaired) electrons. The SMILES string of the molecule is C1=CCC2N=C(c3cscn3)NC2=C1. The van der Waals surface area contributed by atoms with Crippen molar-refractivity contribution in [2.75, 3.05) is 0 Å². The average molecular weight is 203 g/mol. The second-order valence-corrected chi connectivity index (χ2v) is 4.00. The minimum atomic E-state index is 0.289. The van der Waals surface area contributed by atoms with Gasteiger partial charge in [0.05, 0.1) is 11.6 Å². The highest BCUT2D eigenvalue weighted by Crippen LogP contribution is 2.21. The molecule has 4 heteroatoms. The maximum atomic E-state index is 4.58. The third-order valence-corrected chi connectivity index (χ3v) is 2.94. The van der Waals surface area contributed by atoms with E-state index in [2.05, 4.69) is 33.5 Å². The monoisotopic (exact) mass is 203 g/mol. The number of rotatable bonds is 1. The molecule has 0 bridgehead atoms. The number of aromatic nitrogens is 1. The summed E-state index contributed by atoms with van der Waals surface area (Å²) in [5.41, 5.74) is 3.97. The van der Waals surface area contributed by atoms with Gasteiger partial charge in [0.2, 0.25) is 0 Å². The second kappa shape index (κ2) is 3.06. The molecule has 0 spiro atoms. The molecule has 1 atom stereocenters. The van der Waals surface area contributed by atoms with Gasteiger partial charge in [0, 0.05) is 11.1 Å². The van der Waals surface area contributed by atoms with E-state index in [-0.39, 0.29) is 6.04 Å². The second-order valence-electron chi connectivity index (χ2n) is 3.28. The van der Waals surface area contributed by atoms with Crippen LogP contribution in [0, 0.1) is 0 Å². The van der Waals surface area contributed by atoms with Gasteiger partial charge in [-0.15, -0.1) is 11.3 Å². The Morgan fingerprint density at radius 3 is 3.29 bits per heavy atom. The van der Waals surface area contributed by atoms with Crippen LogP contribution >= 0.6 is 11.3 Å². The average Bonchev–Trinajstić information content (AvgIpc) is 2.86. The molecule has 0 fully saturated rings. The lowest BCUT2D eigenvalue weighted by molar-refractivity contribution is 0.784. The molecule has 1 aromatic heterocycles. The lowest BCUT2D eigenvalue weighted by atomic mass is 10.1. The van der Waals surface area contributed by atoms with Gasteiger partial charge >= 0.3 is 0 Å². The maximum absolute atomic E-state index is 4.58. The predicted octanol–water partition coefficient (Wildman–Crippen LogP) is 1.71. The molecule has 3 rings (SSSR count). The summed E-state index contributed by atoms with van der Waals surface area (Å²) in [6.07, 6.45) is 7.28. The Morgan fingerprint density at radius 1 is 1.50 bits per heavy atom. The third-order valence-electron chi connectivity index (χ3n) is 2.35. The van der Waals surface area contributed by atoms with E-state index in [9.17, 15) is 0 Å². The highest BCUT2D eigenvalue weighted by Gasteiger charge is 2.24. The summed E-state index contributed by atoms with van der Waals surface area (Å²) in [4.78, 5) is 8.82. The van der Waals surface area contributed by atoms with E-state index in [4.69, 9.17) is 0 Å². The minimum Gasteiger partial charge on any atom is -0.340 e. The highest BCUT2D eigenvalue weighted by molar-refractivity contribution is 7.07. The number of hydrogen-bond acceptors (Lipinski definition) is 4. The fourth-order valence-electron chi connectivity index (χ4n) is 1.65. The quantitative estimate of drug-likeness (QED) is 0.754. The van der Waals surface area contributed by atoms with E-state index in [1.54, 1.807) is 11.3 Å². The van der Waals surface area contributed by atoms with Crippen molar-refractivity contribution in [3.63, 3.8) is 0 Å². The van der Waals surface area contributed by atoms with E-state index in [0.717, 1.165) is 18.0 Å². The standard InChI is InChI=1S/C10H9N3S/c1-2-4-8-7(3-1)12-10(13-8)9-5-14-6-11-9/h1-3,5-6,8H,4H2,(H,12,13). The zero-order chi connectivity index (χ0) is 9.38. The van der Waals surface area contributed by atoms with Crippen LogP contribution in [-0.2, 0) is 0 Å². The fourth-order valence-corrected chi connectivity index (χ4v) is 2.19. The summed E-state index contributed by atoms with van der Waals surface area (Å²) < 4.78 is 0. The van der Waals surface area contributed by atoms with Crippen LogP contribution in [0.5, 0.6) is 0 Å². The number of allylic oxidation sites excluding steroid dienone is 2. The van der Waals surface area contributed by atoms with Gasteiger partial charge in [0.25, 0.3) is 0 Å². The van der Waals surface area contributed by atoms with Crippen molar-refractivity contribution in [1.29, 1.82) is 0 Å². The topological polar surface area (TPSA) is 37.3 Å². The first-order valence-electron chi connectivity index (χ1n) is 4.53. The molecular formula is C10H9N3S. The summed E-state index contributed by atoms with van der Waals surface area (Å²) in [5, 5.41) is 5.31. The number of thiazole rings is 1. The van der Waals surface area contributed by atoms with Gasteiger partial charge in [-0.05, 0) is 12.5 Å². The molecule has 0 aromatic carbocycles. The van der Waals surface area contributed by atoms with Crippen molar-refractivity contribution in [2.24, 2.45) is 4.99 Å². The molecule has 1 N–H and O–H groups in total. The molecule has 1 aliphatic carbocycles. The molecule has 0 saturated heterocycles. The lowest BCUT2D eigenvalue weighted by Gasteiger charge is -2.09. The Labute approximate surface area is 85.9 Å². The minimum absolute atomic E-state index is 0.289. The molecular weight excluding hydrogens is 194 g/mol. The number of hydrogen-bond donors (Lipinski definition) is 1. The Morgan fingerprint density at radius 2 is 2.50 bits per heavy atom. The lowest BCUT2D eigenvalue weighted by Crippen LogP contribution is -2.20. The third kappa shape index (κ3) is 1.19. The van der Waals surface area contributed by atoms with Gasteiger partial charge < -0.3 is 5.32 Å². The molecule has 0 amide bonds. The van der Waals surface area contributed by atoms with E-state index >= 15 is 0 Å². The van der Waals surface area contributed by atoms with Gasteiger partial charge in [0.1, 0.15) is 5.69 Å². The summed E-state index contributed by atoms with van der Waals surface area (Å²) in [7, 11) is 0. The smallest absolute Gasteiger partial charge is 0.153 e. The predicted molar refractivity (Wildman–Crippen MR) is 57.4 cm³/mol. The van der Waals surface area contributed by atoms with Crippen LogP contribution in [0.15, 0.2) is 39.8 Å². The highest BCUT2D eigenvalue weighted by atomic mass is 32.1.